The van der Waals surface area contributed by atoms with Crippen LogP contribution in [0.2, 0.25) is 0 Å². The van der Waals surface area contributed by atoms with Crippen molar-refractivity contribution in [2.24, 2.45) is 5.92 Å². The molecule has 0 heterocycles. The maximum absolute atomic E-state index is 3.53. The highest BCUT2D eigenvalue weighted by atomic mass is 15.1. The second kappa shape index (κ2) is 8.04. The normalized spacial score (nSPS) is 11.2. The Morgan fingerprint density at radius 2 is 1.81 bits per heavy atom. The van der Waals surface area contributed by atoms with E-state index in [2.05, 4.69) is 73.5 Å². The van der Waals surface area contributed by atoms with Gasteiger partial charge in [-0.1, -0.05) is 50.2 Å². The molecule has 0 aromatic heterocycles. The van der Waals surface area contributed by atoms with Crippen molar-refractivity contribution >= 4 is 16.5 Å². The first-order valence-electron chi connectivity index (χ1n) is 8.15. The van der Waals surface area contributed by atoms with Gasteiger partial charge in [-0.15, -0.1) is 0 Å². The smallest absolute Gasteiger partial charge is 0.0445 e. The van der Waals surface area contributed by atoms with Gasteiger partial charge < -0.3 is 10.2 Å². The highest BCUT2D eigenvalue weighted by Crippen LogP contribution is 2.26. The van der Waals surface area contributed by atoms with E-state index < -0.39 is 0 Å². The van der Waals surface area contributed by atoms with Gasteiger partial charge in [-0.2, -0.15) is 0 Å². The van der Waals surface area contributed by atoms with Crippen molar-refractivity contribution in [1.29, 1.82) is 0 Å². The van der Waals surface area contributed by atoms with Gasteiger partial charge in [0.05, 0.1) is 0 Å². The van der Waals surface area contributed by atoms with Crippen molar-refractivity contribution < 1.29 is 0 Å². The van der Waals surface area contributed by atoms with Crippen molar-refractivity contribution in [3.8, 4) is 0 Å². The highest BCUT2D eigenvalue weighted by molar-refractivity contribution is 5.94. The first-order chi connectivity index (χ1) is 10.2. The molecule has 0 spiro atoms. The van der Waals surface area contributed by atoms with Gasteiger partial charge in [0.25, 0.3) is 0 Å². The second-order valence-electron chi connectivity index (χ2n) is 6.03. The Morgan fingerprint density at radius 3 is 2.57 bits per heavy atom. The molecule has 0 bridgehead atoms. The maximum atomic E-state index is 3.53. The highest BCUT2D eigenvalue weighted by Gasteiger charge is 2.07. The maximum Gasteiger partial charge on any atom is 0.0445 e. The average Bonchev–Trinajstić information content (AvgIpc) is 2.50. The van der Waals surface area contributed by atoms with Crippen molar-refractivity contribution in [2.75, 3.05) is 31.1 Å². The largest absolute Gasteiger partial charge is 0.371 e. The van der Waals surface area contributed by atoms with E-state index in [1.165, 1.54) is 22.9 Å². The number of rotatable bonds is 8. The van der Waals surface area contributed by atoms with Gasteiger partial charge in [0.15, 0.2) is 0 Å². The third-order valence-corrected chi connectivity index (χ3v) is 3.82. The minimum Gasteiger partial charge on any atom is -0.371 e. The molecule has 0 aliphatic rings. The lowest BCUT2D eigenvalue weighted by Crippen LogP contribution is -2.28. The van der Waals surface area contributed by atoms with Gasteiger partial charge in [0, 0.05) is 24.2 Å². The molecule has 0 atom stereocenters. The van der Waals surface area contributed by atoms with Gasteiger partial charge in [-0.25, -0.2) is 0 Å². The van der Waals surface area contributed by atoms with E-state index in [1.807, 2.05) is 0 Å². The Bertz CT molecular complexity index is 543. The van der Waals surface area contributed by atoms with Crippen LogP contribution in [0.1, 0.15) is 27.2 Å². The lowest BCUT2D eigenvalue weighted by Gasteiger charge is -2.25. The van der Waals surface area contributed by atoms with Crippen LogP contribution in [0.4, 0.5) is 5.69 Å². The molecule has 21 heavy (non-hydrogen) atoms. The Balaban J connectivity index is 1.99. The molecule has 2 rings (SSSR count). The number of hydrogen-bond acceptors (Lipinski definition) is 2. The Kier molecular flexibility index (Phi) is 6.06. The summed E-state index contributed by atoms with van der Waals surface area (Å²) >= 11 is 0. The van der Waals surface area contributed by atoms with Crippen LogP contribution in [-0.4, -0.2) is 26.2 Å². The van der Waals surface area contributed by atoms with E-state index in [4.69, 9.17) is 0 Å². The standard InChI is InChI=1S/C19H28N2/c1-4-21(14-8-13-20-15-16(2)3)19-12-7-10-17-9-5-6-11-18(17)19/h5-7,9-12,16,20H,4,8,13-15H2,1-3H3. The Hall–Kier alpha value is -1.54. The summed E-state index contributed by atoms with van der Waals surface area (Å²) in [5.74, 6) is 0.727. The summed E-state index contributed by atoms with van der Waals surface area (Å²) in [7, 11) is 0. The van der Waals surface area contributed by atoms with Crippen molar-refractivity contribution in [2.45, 2.75) is 27.2 Å². The Morgan fingerprint density at radius 1 is 1.05 bits per heavy atom. The van der Waals surface area contributed by atoms with Gasteiger partial charge in [-0.05, 0) is 43.8 Å². The molecule has 0 saturated heterocycles. The molecular weight excluding hydrogens is 256 g/mol. The number of fused-ring (bicyclic) bond motifs is 1. The zero-order chi connectivity index (χ0) is 15.1. The summed E-state index contributed by atoms with van der Waals surface area (Å²) in [5, 5.41) is 6.21. The van der Waals surface area contributed by atoms with Crippen LogP contribution in [0, 0.1) is 5.92 Å². The number of nitrogens with zero attached hydrogens (tertiary/aromatic N) is 1. The van der Waals surface area contributed by atoms with Gasteiger partial charge >= 0.3 is 0 Å². The molecule has 0 aliphatic carbocycles. The van der Waals surface area contributed by atoms with E-state index in [9.17, 15) is 0 Å². The van der Waals surface area contributed by atoms with E-state index in [-0.39, 0.29) is 0 Å². The molecule has 114 valence electrons. The predicted octanol–water partition coefficient (Wildman–Crippen LogP) is 4.30. The van der Waals surface area contributed by atoms with Crippen LogP contribution < -0.4 is 10.2 Å². The molecule has 0 fully saturated rings. The lowest BCUT2D eigenvalue weighted by molar-refractivity contribution is 0.541. The molecule has 0 unspecified atom stereocenters. The minimum absolute atomic E-state index is 0.727. The van der Waals surface area contributed by atoms with E-state index in [1.54, 1.807) is 0 Å². The molecule has 0 amide bonds. The third kappa shape index (κ3) is 4.47. The molecule has 2 aromatic rings. The number of anilines is 1. The molecule has 2 heteroatoms. The Labute approximate surface area is 129 Å². The van der Waals surface area contributed by atoms with Crippen molar-refractivity contribution in [1.82, 2.24) is 5.32 Å². The van der Waals surface area contributed by atoms with Crippen LogP contribution in [0.25, 0.3) is 10.8 Å². The molecule has 0 radical (unpaired) electrons. The molecule has 2 aromatic carbocycles. The molecular formula is C19H28N2. The van der Waals surface area contributed by atoms with E-state index in [0.29, 0.717) is 0 Å². The summed E-state index contributed by atoms with van der Waals surface area (Å²) in [6, 6.07) is 15.3. The quantitative estimate of drug-likeness (QED) is 0.727. The second-order valence-corrected chi connectivity index (χ2v) is 6.03. The summed E-state index contributed by atoms with van der Waals surface area (Å²) < 4.78 is 0. The topological polar surface area (TPSA) is 15.3 Å². The lowest BCUT2D eigenvalue weighted by atomic mass is 10.1. The SMILES string of the molecule is CCN(CCCNCC(C)C)c1cccc2ccccc12. The summed E-state index contributed by atoms with van der Waals surface area (Å²) in [6.45, 7) is 11.1. The fourth-order valence-electron chi connectivity index (χ4n) is 2.72. The molecule has 0 aliphatic heterocycles. The summed E-state index contributed by atoms with van der Waals surface area (Å²) in [6.07, 6.45) is 1.18. The van der Waals surface area contributed by atoms with Crippen molar-refractivity contribution in [3.05, 3.63) is 42.5 Å². The third-order valence-electron chi connectivity index (χ3n) is 3.82. The summed E-state index contributed by atoms with van der Waals surface area (Å²) in [4.78, 5) is 2.49. The van der Waals surface area contributed by atoms with Crippen LogP contribution >= 0.6 is 0 Å². The average molecular weight is 284 g/mol. The minimum atomic E-state index is 0.727. The van der Waals surface area contributed by atoms with E-state index >= 15 is 0 Å². The van der Waals surface area contributed by atoms with Crippen LogP contribution in [0.3, 0.4) is 0 Å². The molecule has 0 saturated carbocycles. The first-order valence-corrected chi connectivity index (χ1v) is 8.15. The van der Waals surface area contributed by atoms with Gasteiger partial charge in [0.1, 0.15) is 0 Å². The predicted molar refractivity (Wildman–Crippen MR) is 94.2 cm³/mol. The van der Waals surface area contributed by atoms with E-state index in [0.717, 1.165) is 32.1 Å². The number of nitrogens with one attached hydrogen (secondary N) is 1. The van der Waals surface area contributed by atoms with Crippen LogP contribution in [0.15, 0.2) is 42.5 Å². The van der Waals surface area contributed by atoms with Crippen LogP contribution in [-0.2, 0) is 0 Å². The molecule has 2 nitrogen and oxygen atoms in total. The van der Waals surface area contributed by atoms with Crippen LogP contribution in [0.5, 0.6) is 0 Å². The van der Waals surface area contributed by atoms with Gasteiger partial charge in [0.2, 0.25) is 0 Å². The first kappa shape index (κ1) is 15.8. The number of hydrogen-bond donors (Lipinski definition) is 1. The fourth-order valence-corrected chi connectivity index (χ4v) is 2.72. The van der Waals surface area contributed by atoms with Crippen molar-refractivity contribution in [3.63, 3.8) is 0 Å². The zero-order valence-electron chi connectivity index (χ0n) is 13.6. The fraction of sp³-hybridized carbons (Fsp3) is 0.474. The summed E-state index contributed by atoms with van der Waals surface area (Å²) in [5.41, 5.74) is 1.36. The number of benzene rings is 2. The van der Waals surface area contributed by atoms with Gasteiger partial charge in [-0.3, -0.25) is 0 Å². The monoisotopic (exact) mass is 284 g/mol. The zero-order valence-corrected chi connectivity index (χ0v) is 13.6. The molecule has 1 N–H and O–H groups in total.